The number of hydrogen-bond donors (Lipinski definition) is 1. The van der Waals surface area contributed by atoms with E-state index in [9.17, 15) is 4.79 Å². The molecule has 1 aromatic rings. The number of hydrogen-bond acceptors (Lipinski definition) is 2. The predicted octanol–water partition coefficient (Wildman–Crippen LogP) is 3.33. The number of carbonyl (C=O) groups excluding carboxylic acids is 1. The minimum absolute atomic E-state index is 0.379. The maximum absolute atomic E-state index is 11.5. The van der Waals surface area contributed by atoms with Gasteiger partial charge in [0.25, 0.3) is 0 Å². The summed E-state index contributed by atoms with van der Waals surface area (Å²) in [5.41, 5.74) is 3.12. The second kappa shape index (κ2) is 5.21. The van der Waals surface area contributed by atoms with Crippen molar-refractivity contribution in [2.45, 2.75) is 46.8 Å². The molecule has 1 amide bonds. The highest BCUT2D eigenvalue weighted by Crippen LogP contribution is 2.10. The van der Waals surface area contributed by atoms with E-state index < -0.39 is 5.60 Å². The first-order valence-electron chi connectivity index (χ1n) is 5.81. The van der Waals surface area contributed by atoms with Gasteiger partial charge in [0.05, 0.1) is 0 Å². The number of rotatable bonds is 2. The summed E-state index contributed by atoms with van der Waals surface area (Å²) in [7, 11) is 0. The van der Waals surface area contributed by atoms with Gasteiger partial charge in [-0.2, -0.15) is 0 Å². The van der Waals surface area contributed by atoms with Crippen molar-refractivity contribution in [3.05, 3.63) is 34.9 Å². The van der Waals surface area contributed by atoms with Gasteiger partial charge in [-0.05, 0) is 51.3 Å². The average Bonchev–Trinajstić information content (AvgIpc) is 2.17. The van der Waals surface area contributed by atoms with E-state index in [2.05, 4.69) is 31.3 Å². The van der Waals surface area contributed by atoms with Gasteiger partial charge >= 0.3 is 6.09 Å². The van der Waals surface area contributed by atoms with Crippen LogP contribution in [0, 0.1) is 13.8 Å². The normalized spacial score (nSPS) is 11.1. The molecule has 0 fully saturated rings. The van der Waals surface area contributed by atoms with Crippen molar-refractivity contribution in [3.63, 3.8) is 0 Å². The van der Waals surface area contributed by atoms with E-state index in [1.165, 1.54) is 11.1 Å². The van der Waals surface area contributed by atoms with Gasteiger partial charge in [0, 0.05) is 6.54 Å². The molecular weight excluding hydrogens is 214 g/mol. The molecule has 1 aromatic carbocycles. The van der Waals surface area contributed by atoms with Crippen molar-refractivity contribution in [3.8, 4) is 0 Å². The molecule has 0 aliphatic rings. The minimum Gasteiger partial charge on any atom is -0.444 e. The number of alkyl carbamates (subject to hydrolysis) is 1. The largest absolute Gasteiger partial charge is 0.444 e. The monoisotopic (exact) mass is 235 g/mol. The number of amides is 1. The Kier molecular flexibility index (Phi) is 4.16. The van der Waals surface area contributed by atoms with Gasteiger partial charge in [0.1, 0.15) is 5.60 Å². The van der Waals surface area contributed by atoms with Crippen molar-refractivity contribution in [1.82, 2.24) is 5.32 Å². The lowest BCUT2D eigenvalue weighted by Gasteiger charge is -2.19. The first kappa shape index (κ1) is 13.6. The Labute approximate surface area is 103 Å². The predicted molar refractivity (Wildman–Crippen MR) is 69.0 cm³/mol. The van der Waals surface area contributed by atoms with Crippen molar-refractivity contribution >= 4 is 6.09 Å². The number of aryl methyl sites for hydroxylation is 2. The van der Waals surface area contributed by atoms with Crippen LogP contribution in [0.1, 0.15) is 37.5 Å². The second-order valence-corrected chi connectivity index (χ2v) is 5.27. The van der Waals surface area contributed by atoms with Crippen molar-refractivity contribution in [1.29, 1.82) is 0 Å². The average molecular weight is 235 g/mol. The maximum Gasteiger partial charge on any atom is 0.407 e. The summed E-state index contributed by atoms with van der Waals surface area (Å²) in [5, 5.41) is 2.74. The molecule has 0 bridgehead atoms. The van der Waals surface area contributed by atoms with Crippen LogP contribution < -0.4 is 5.32 Å². The highest BCUT2D eigenvalue weighted by Gasteiger charge is 2.15. The highest BCUT2D eigenvalue weighted by molar-refractivity contribution is 5.67. The van der Waals surface area contributed by atoms with Crippen molar-refractivity contribution in [2.24, 2.45) is 0 Å². The Hall–Kier alpha value is -1.51. The smallest absolute Gasteiger partial charge is 0.407 e. The van der Waals surface area contributed by atoms with Crippen LogP contribution in [0.2, 0.25) is 0 Å². The molecule has 0 radical (unpaired) electrons. The summed E-state index contributed by atoms with van der Waals surface area (Å²) >= 11 is 0. The van der Waals surface area contributed by atoms with E-state index in [0.29, 0.717) is 6.54 Å². The Bertz CT molecular complexity index is 405. The molecule has 1 N–H and O–H groups in total. The Morgan fingerprint density at radius 2 is 1.88 bits per heavy atom. The van der Waals surface area contributed by atoms with Crippen LogP contribution in [0.3, 0.4) is 0 Å². The molecule has 17 heavy (non-hydrogen) atoms. The standard InChI is InChI=1S/C14H21NO2/c1-10-6-7-12(8-11(10)2)9-15-13(16)17-14(3,4)5/h6-8H,9H2,1-5H3,(H,15,16). The number of ether oxygens (including phenoxy) is 1. The van der Waals surface area contributed by atoms with Gasteiger partial charge in [-0.15, -0.1) is 0 Å². The van der Waals surface area contributed by atoms with Crippen LogP contribution in [0.15, 0.2) is 18.2 Å². The van der Waals surface area contributed by atoms with E-state index >= 15 is 0 Å². The molecule has 0 aliphatic heterocycles. The molecule has 3 heteroatoms. The fourth-order valence-corrected chi connectivity index (χ4v) is 1.40. The van der Waals surface area contributed by atoms with Gasteiger partial charge in [0.15, 0.2) is 0 Å². The molecular formula is C14H21NO2. The first-order chi connectivity index (χ1) is 7.78. The molecule has 0 aromatic heterocycles. The van der Waals surface area contributed by atoms with Crippen LogP contribution in [-0.2, 0) is 11.3 Å². The fraction of sp³-hybridized carbons (Fsp3) is 0.500. The molecule has 0 saturated carbocycles. The van der Waals surface area contributed by atoms with Crippen LogP contribution in [0.4, 0.5) is 4.79 Å². The Balaban J connectivity index is 2.50. The van der Waals surface area contributed by atoms with Crippen molar-refractivity contribution in [2.75, 3.05) is 0 Å². The van der Waals surface area contributed by atoms with Crippen LogP contribution >= 0.6 is 0 Å². The molecule has 0 unspecified atom stereocenters. The lowest BCUT2D eigenvalue weighted by atomic mass is 10.1. The summed E-state index contributed by atoms with van der Waals surface area (Å²) in [4.78, 5) is 11.5. The molecule has 94 valence electrons. The molecule has 0 aliphatic carbocycles. The third kappa shape index (κ3) is 4.89. The Morgan fingerprint density at radius 3 is 2.41 bits per heavy atom. The lowest BCUT2D eigenvalue weighted by Crippen LogP contribution is -2.32. The van der Waals surface area contributed by atoms with Crippen LogP contribution in [0.5, 0.6) is 0 Å². The van der Waals surface area contributed by atoms with E-state index in [1.807, 2.05) is 26.8 Å². The summed E-state index contributed by atoms with van der Waals surface area (Å²) in [6.07, 6.45) is -0.379. The number of carbonyl (C=O) groups is 1. The van der Waals surface area contributed by atoms with E-state index in [1.54, 1.807) is 0 Å². The molecule has 0 heterocycles. The Morgan fingerprint density at radius 1 is 1.24 bits per heavy atom. The fourth-order valence-electron chi connectivity index (χ4n) is 1.40. The zero-order valence-corrected chi connectivity index (χ0v) is 11.3. The highest BCUT2D eigenvalue weighted by atomic mass is 16.6. The summed E-state index contributed by atoms with van der Waals surface area (Å²) in [6, 6.07) is 6.15. The summed E-state index contributed by atoms with van der Waals surface area (Å²) in [6.45, 7) is 10.2. The number of benzene rings is 1. The quantitative estimate of drug-likeness (QED) is 0.854. The van der Waals surface area contributed by atoms with Crippen molar-refractivity contribution < 1.29 is 9.53 Å². The lowest BCUT2D eigenvalue weighted by molar-refractivity contribution is 0.0523. The van der Waals surface area contributed by atoms with Crippen LogP contribution in [0.25, 0.3) is 0 Å². The minimum atomic E-state index is -0.451. The summed E-state index contributed by atoms with van der Waals surface area (Å²) in [5.74, 6) is 0. The third-order valence-corrected chi connectivity index (χ3v) is 2.41. The second-order valence-electron chi connectivity index (χ2n) is 5.27. The van der Waals surface area contributed by atoms with Gasteiger partial charge in [-0.25, -0.2) is 4.79 Å². The first-order valence-corrected chi connectivity index (χ1v) is 5.81. The number of nitrogens with one attached hydrogen (secondary N) is 1. The zero-order chi connectivity index (χ0) is 13.1. The topological polar surface area (TPSA) is 38.3 Å². The zero-order valence-electron chi connectivity index (χ0n) is 11.3. The van der Waals surface area contributed by atoms with Gasteiger partial charge < -0.3 is 10.1 Å². The van der Waals surface area contributed by atoms with Gasteiger partial charge in [-0.1, -0.05) is 18.2 Å². The van der Waals surface area contributed by atoms with Crippen LogP contribution in [-0.4, -0.2) is 11.7 Å². The SMILES string of the molecule is Cc1ccc(CNC(=O)OC(C)(C)C)cc1C. The van der Waals surface area contributed by atoms with E-state index in [0.717, 1.165) is 5.56 Å². The third-order valence-electron chi connectivity index (χ3n) is 2.41. The summed E-state index contributed by atoms with van der Waals surface area (Å²) < 4.78 is 5.16. The molecule has 0 atom stereocenters. The molecule has 1 rings (SSSR count). The van der Waals surface area contributed by atoms with E-state index in [-0.39, 0.29) is 6.09 Å². The molecule has 3 nitrogen and oxygen atoms in total. The van der Waals surface area contributed by atoms with Gasteiger partial charge in [-0.3, -0.25) is 0 Å². The maximum atomic E-state index is 11.5. The molecule has 0 saturated heterocycles. The van der Waals surface area contributed by atoms with E-state index in [4.69, 9.17) is 4.74 Å². The molecule has 0 spiro atoms. The van der Waals surface area contributed by atoms with Gasteiger partial charge in [0.2, 0.25) is 0 Å².